The van der Waals surface area contributed by atoms with E-state index < -0.39 is 0 Å². The number of rotatable bonds is 5. The Labute approximate surface area is 159 Å². The highest BCUT2D eigenvalue weighted by atomic mass is 35.5. The minimum absolute atomic E-state index is 0.0454. The molecule has 0 saturated carbocycles. The van der Waals surface area contributed by atoms with Gasteiger partial charge in [0, 0.05) is 17.5 Å². The highest BCUT2D eigenvalue weighted by Crippen LogP contribution is 2.23. The molecule has 25 heavy (non-hydrogen) atoms. The molecule has 0 atom stereocenters. The Morgan fingerprint density at radius 1 is 1.40 bits per heavy atom. The van der Waals surface area contributed by atoms with E-state index in [1.165, 1.54) is 11.3 Å². The molecule has 5 nitrogen and oxygen atoms in total. The Hall–Kier alpha value is -1.96. The Bertz CT molecular complexity index is 959. The van der Waals surface area contributed by atoms with E-state index in [1.54, 1.807) is 16.5 Å². The van der Waals surface area contributed by atoms with Gasteiger partial charge in [-0.3, -0.25) is 14.5 Å². The average molecular weight is 393 g/mol. The lowest BCUT2D eigenvalue weighted by molar-refractivity contribution is -0.131. The van der Waals surface area contributed by atoms with E-state index in [2.05, 4.69) is 10.2 Å². The van der Waals surface area contributed by atoms with Gasteiger partial charge < -0.3 is 4.90 Å². The van der Waals surface area contributed by atoms with Crippen molar-refractivity contribution < 1.29 is 4.79 Å². The van der Waals surface area contributed by atoms with Crippen molar-refractivity contribution in [2.24, 2.45) is 0 Å². The summed E-state index contributed by atoms with van der Waals surface area (Å²) in [6.07, 6.45) is 0. The van der Waals surface area contributed by atoms with Crippen LogP contribution in [0.2, 0.25) is 4.34 Å². The molecule has 1 aromatic carbocycles. The summed E-state index contributed by atoms with van der Waals surface area (Å²) in [5, 5.41) is 7.07. The van der Waals surface area contributed by atoms with Gasteiger partial charge in [-0.05, 0) is 37.3 Å². The van der Waals surface area contributed by atoms with Gasteiger partial charge in [0.15, 0.2) is 10.6 Å². The van der Waals surface area contributed by atoms with Gasteiger partial charge in [-0.15, -0.1) is 11.3 Å². The van der Waals surface area contributed by atoms with E-state index in [1.807, 2.05) is 43.3 Å². The molecule has 3 aromatic rings. The van der Waals surface area contributed by atoms with Crippen LogP contribution in [0, 0.1) is 11.7 Å². The SMILES string of the molecule is Cc1cccc(-c2n[nH]c(=S)n2CC(=O)N(C)Cc2ccc(Cl)s2)c1. The number of amides is 1. The second-order valence-electron chi connectivity index (χ2n) is 5.76. The zero-order valence-corrected chi connectivity index (χ0v) is 16.2. The number of aromatic amines is 1. The van der Waals surface area contributed by atoms with Crippen molar-refractivity contribution in [2.75, 3.05) is 7.05 Å². The van der Waals surface area contributed by atoms with Crippen molar-refractivity contribution >= 4 is 41.1 Å². The van der Waals surface area contributed by atoms with Gasteiger partial charge in [-0.2, -0.15) is 5.10 Å². The summed E-state index contributed by atoms with van der Waals surface area (Å²) < 4.78 is 2.87. The number of aryl methyl sites for hydroxylation is 1. The van der Waals surface area contributed by atoms with E-state index in [0.717, 1.165) is 20.3 Å². The van der Waals surface area contributed by atoms with Crippen LogP contribution in [0.5, 0.6) is 0 Å². The number of halogens is 1. The third-order valence-corrected chi connectivity index (χ3v) is 5.30. The maximum atomic E-state index is 12.6. The predicted molar refractivity (Wildman–Crippen MR) is 103 cm³/mol. The molecule has 0 aliphatic heterocycles. The minimum atomic E-state index is -0.0454. The molecule has 0 aliphatic carbocycles. The summed E-state index contributed by atoms with van der Waals surface area (Å²) in [6, 6.07) is 11.7. The van der Waals surface area contributed by atoms with Crippen LogP contribution in [-0.4, -0.2) is 32.6 Å². The second kappa shape index (κ2) is 7.51. The molecule has 130 valence electrons. The van der Waals surface area contributed by atoms with Crippen molar-refractivity contribution in [1.29, 1.82) is 0 Å². The first-order chi connectivity index (χ1) is 11.9. The first-order valence-electron chi connectivity index (χ1n) is 7.64. The lowest BCUT2D eigenvalue weighted by atomic mass is 10.1. The van der Waals surface area contributed by atoms with Crippen LogP contribution >= 0.6 is 35.2 Å². The number of hydrogen-bond donors (Lipinski definition) is 1. The van der Waals surface area contributed by atoms with Crippen LogP contribution in [0.15, 0.2) is 36.4 Å². The minimum Gasteiger partial charge on any atom is -0.339 e. The maximum absolute atomic E-state index is 12.6. The molecule has 3 rings (SSSR count). The van der Waals surface area contributed by atoms with Crippen LogP contribution in [0.25, 0.3) is 11.4 Å². The standard InChI is InChI=1S/C17H17ClN4OS2/c1-11-4-3-5-12(8-11)16-19-20-17(24)22(16)10-15(23)21(2)9-13-6-7-14(18)25-13/h3-8H,9-10H2,1-2H3,(H,20,24). The van der Waals surface area contributed by atoms with Gasteiger partial charge in [0.1, 0.15) is 6.54 Å². The zero-order valence-electron chi connectivity index (χ0n) is 13.8. The van der Waals surface area contributed by atoms with E-state index in [4.69, 9.17) is 23.8 Å². The summed E-state index contributed by atoms with van der Waals surface area (Å²) in [7, 11) is 1.77. The van der Waals surface area contributed by atoms with E-state index in [9.17, 15) is 4.79 Å². The lowest BCUT2D eigenvalue weighted by Crippen LogP contribution is -2.29. The maximum Gasteiger partial charge on any atom is 0.242 e. The number of H-pyrrole nitrogens is 1. The fourth-order valence-electron chi connectivity index (χ4n) is 2.48. The number of aromatic nitrogens is 3. The molecule has 0 aliphatic rings. The van der Waals surface area contributed by atoms with Gasteiger partial charge in [-0.25, -0.2) is 0 Å². The van der Waals surface area contributed by atoms with E-state index in [0.29, 0.717) is 17.1 Å². The molecule has 1 amide bonds. The van der Waals surface area contributed by atoms with Crippen LogP contribution < -0.4 is 0 Å². The second-order valence-corrected chi connectivity index (χ2v) is 7.95. The Morgan fingerprint density at radius 2 is 2.20 bits per heavy atom. The normalized spacial score (nSPS) is 10.8. The highest BCUT2D eigenvalue weighted by Gasteiger charge is 2.16. The van der Waals surface area contributed by atoms with Crippen molar-refractivity contribution in [3.05, 3.63) is 55.9 Å². The topological polar surface area (TPSA) is 53.9 Å². The molecular weight excluding hydrogens is 376 g/mol. The zero-order chi connectivity index (χ0) is 18.0. The van der Waals surface area contributed by atoms with Crippen LogP contribution in [0.4, 0.5) is 0 Å². The van der Waals surface area contributed by atoms with E-state index in [-0.39, 0.29) is 12.5 Å². The largest absolute Gasteiger partial charge is 0.339 e. The summed E-state index contributed by atoms with van der Waals surface area (Å²) in [5.41, 5.74) is 2.05. The number of nitrogens with zero attached hydrogens (tertiary/aromatic N) is 3. The Morgan fingerprint density at radius 3 is 2.88 bits per heavy atom. The average Bonchev–Trinajstić information content (AvgIpc) is 3.14. The molecule has 2 heterocycles. The van der Waals surface area contributed by atoms with Crippen LogP contribution in [0.3, 0.4) is 0 Å². The van der Waals surface area contributed by atoms with Crippen molar-refractivity contribution in [3.8, 4) is 11.4 Å². The molecule has 0 bridgehead atoms. The van der Waals surface area contributed by atoms with Crippen molar-refractivity contribution in [1.82, 2.24) is 19.7 Å². The predicted octanol–water partition coefficient (Wildman–Crippen LogP) is 4.29. The molecule has 0 unspecified atom stereocenters. The van der Waals surface area contributed by atoms with Gasteiger partial charge in [-0.1, -0.05) is 35.4 Å². The fraction of sp³-hybridized carbons (Fsp3) is 0.235. The first-order valence-corrected chi connectivity index (χ1v) is 9.25. The molecule has 2 aromatic heterocycles. The summed E-state index contributed by atoms with van der Waals surface area (Å²) in [4.78, 5) is 15.3. The van der Waals surface area contributed by atoms with Crippen LogP contribution in [0.1, 0.15) is 10.4 Å². The number of carbonyl (C=O) groups excluding carboxylic acids is 1. The fourth-order valence-corrected chi connectivity index (χ4v) is 3.82. The summed E-state index contributed by atoms with van der Waals surface area (Å²) >= 11 is 12.7. The number of hydrogen-bond acceptors (Lipinski definition) is 4. The van der Waals surface area contributed by atoms with E-state index >= 15 is 0 Å². The molecule has 0 saturated heterocycles. The number of benzene rings is 1. The number of likely N-dealkylation sites (N-methyl/N-ethyl adjacent to an activating group) is 1. The molecule has 8 heteroatoms. The number of carbonyl (C=O) groups is 1. The van der Waals surface area contributed by atoms with Crippen LogP contribution in [-0.2, 0) is 17.9 Å². The third kappa shape index (κ3) is 4.18. The first kappa shape index (κ1) is 17.8. The lowest BCUT2D eigenvalue weighted by Gasteiger charge is -2.17. The van der Waals surface area contributed by atoms with Crippen molar-refractivity contribution in [3.63, 3.8) is 0 Å². The molecule has 0 spiro atoms. The smallest absolute Gasteiger partial charge is 0.242 e. The Balaban J connectivity index is 1.79. The van der Waals surface area contributed by atoms with Crippen molar-refractivity contribution in [2.45, 2.75) is 20.0 Å². The molecule has 1 N–H and O–H groups in total. The van der Waals surface area contributed by atoms with Gasteiger partial charge in [0.2, 0.25) is 5.91 Å². The van der Waals surface area contributed by atoms with Gasteiger partial charge >= 0.3 is 0 Å². The summed E-state index contributed by atoms with van der Waals surface area (Å²) in [6.45, 7) is 2.66. The van der Waals surface area contributed by atoms with Gasteiger partial charge in [0.25, 0.3) is 0 Å². The third-order valence-electron chi connectivity index (χ3n) is 3.78. The number of nitrogens with one attached hydrogen (secondary N) is 1. The molecule has 0 fully saturated rings. The Kier molecular flexibility index (Phi) is 5.36. The monoisotopic (exact) mass is 392 g/mol. The quantitative estimate of drug-likeness (QED) is 0.659. The van der Waals surface area contributed by atoms with Gasteiger partial charge in [0.05, 0.1) is 10.9 Å². The highest BCUT2D eigenvalue weighted by molar-refractivity contribution is 7.71. The molecule has 0 radical (unpaired) electrons. The number of thiophene rings is 1. The summed E-state index contributed by atoms with van der Waals surface area (Å²) in [5.74, 6) is 0.616. The molecular formula is C17H17ClN4OS2.